The maximum absolute atomic E-state index is 4.43. The largest absolute Gasteiger partial charge is 0.371 e. The Morgan fingerprint density at radius 3 is 2.19 bits per heavy atom. The quantitative estimate of drug-likeness (QED) is 0.642. The molecule has 0 aliphatic carbocycles. The van der Waals surface area contributed by atoms with Crippen molar-refractivity contribution >= 4 is 11.4 Å². The molecule has 6 nitrogen and oxygen atoms in total. The minimum atomic E-state index is -0.0574. The van der Waals surface area contributed by atoms with Crippen molar-refractivity contribution in [2.45, 2.75) is 45.9 Å². The summed E-state index contributed by atoms with van der Waals surface area (Å²) in [6, 6.07) is 8.97. The van der Waals surface area contributed by atoms with Crippen molar-refractivity contribution < 1.29 is 0 Å². The first-order valence-corrected chi connectivity index (χ1v) is 9.70. The Morgan fingerprint density at radius 1 is 1.04 bits per heavy atom. The van der Waals surface area contributed by atoms with Gasteiger partial charge in [0, 0.05) is 57.9 Å². The molecule has 2 rings (SSSR count). The van der Waals surface area contributed by atoms with Gasteiger partial charge in [-0.3, -0.25) is 0 Å². The van der Waals surface area contributed by atoms with E-state index in [2.05, 4.69) is 53.3 Å². The van der Waals surface area contributed by atoms with Crippen molar-refractivity contribution in [1.29, 1.82) is 0 Å². The number of rotatable bonds is 10. The molecular formula is C20H34N6. The Kier molecular flexibility index (Phi) is 7.91. The molecule has 1 aromatic carbocycles. The standard InChI is InChI=1S/C20H34N6/c1-6-17(7-2)21-13-14-26(8-3)19-11-9-18(10-12-19)22-23-20-24(4)15-16-25(20)5/h9-12,15-17,20-21H,6-8,13-14H2,1-5H3. The van der Waals surface area contributed by atoms with Gasteiger partial charge < -0.3 is 20.0 Å². The summed E-state index contributed by atoms with van der Waals surface area (Å²) in [6.07, 6.45) is 6.31. The van der Waals surface area contributed by atoms with E-state index in [1.54, 1.807) is 0 Å². The van der Waals surface area contributed by atoms with Crippen LogP contribution < -0.4 is 10.2 Å². The van der Waals surface area contributed by atoms with Gasteiger partial charge in [0.25, 0.3) is 0 Å². The first kappa shape index (κ1) is 20.2. The van der Waals surface area contributed by atoms with E-state index in [4.69, 9.17) is 0 Å². The normalized spacial score (nSPS) is 15.0. The third-order valence-corrected chi connectivity index (χ3v) is 4.94. The second-order valence-electron chi connectivity index (χ2n) is 6.75. The van der Waals surface area contributed by atoms with Crippen LogP contribution in [-0.2, 0) is 0 Å². The minimum absolute atomic E-state index is 0.0574. The molecule has 26 heavy (non-hydrogen) atoms. The van der Waals surface area contributed by atoms with E-state index in [0.717, 1.165) is 25.3 Å². The van der Waals surface area contributed by atoms with E-state index in [-0.39, 0.29) is 6.29 Å². The van der Waals surface area contributed by atoms with Crippen molar-refractivity contribution in [3.63, 3.8) is 0 Å². The Hall–Kier alpha value is -2.08. The number of hydrogen-bond acceptors (Lipinski definition) is 6. The lowest BCUT2D eigenvalue weighted by molar-refractivity contribution is 0.206. The smallest absolute Gasteiger partial charge is 0.217 e. The topological polar surface area (TPSA) is 46.5 Å². The van der Waals surface area contributed by atoms with Crippen LogP contribution in [0.5, 0.6) is 0 Å². The molecule has 0 spiro atoms. The van der Waals surface area contributed by atoms with Gasteiger partial charge in [0.2, 0.25) is 6.29 Å². The Bertz CT molecular complexity index is 566. The zero-order valence-corrected chi connectivity index (χ0v) is 16.9. The van der Waals surface area contributed by atoms with Crippen molar-refractivity contribution in [2.24, 2.45) is 10.2 Å². The zero-order chi connectivity index (χ0) is 18.9. The SMILES string of the molecule is CCC(CC)NCCN(CC)c1ccc(N=NC2N(C)C=CN2C)cc1. The Labute approximate surface area is 158 Å². The zero-order valence-electron chi connectivity index (χ0n) is 16.9. The van der Waals surface area contributed by atoms with E-state index in [0.29, 0.717) is 6.04 Å². The highest BCUT2D eigenvalue weighted by atomic mass is 15.5. The lowest BCUT2D eigenvalue weighted by Crippen LogP contribution is -2.36. The van der Waals surface area contributed by atoms with Crippen molar-refractivity contribution in [3.05, 3.63) is 36.7 Å². The Morgan fingerprint density at radius 2 is 1.65 bits per heavy atom. The third-order valence-electron chi connectivity index (χ3n) is 4.94. The summed E-state index contributed by atoms with van der Waals surface area (Å²) in [4.78, 5) is 6.45. The van der Waals surface area contributed by atoms with Crippen molar-refractivity contribution in [3.8, 4) is 0 Å². The molecule has 1 heterocycles. The fourth-order valence-electron chi connectivity index (χ4n) is 3.11. The number of nitrogens with one attached hydrogen (secondary N) is 1. The van der Waals surface area contributed by atoms with Gasteiger partial charge in [-0.2, -0.15) is 5.11 Å². The third kappa shape index (κ3) is 5.46. The minimum Gasteiger partial charge on any atom is -0.371 e. The number of anilines is 1. The van der Waals surface area contributed by atoms with Gasteiger partial charge in [0.05, 0.1) is 5.69 Å². The lowest BCUT2D eigenvalue weighted by atomic mass is 10.2. The highest BCUT2D eigenvalue weighted by Crippen LogP contribution is 2.21. The summed E-state index contributed by atoms with van der Waals surface area (Å²) >= 11 is 0. The summed E-state index contributed by atoms with van der Waals surface area (Å²) in [5, 5.41) is 12.5. The van der Waals surface area contributed by atoms with E-state index in [9.17, 15) is 0 Å². The van der Waals surface area contributed by atoms with Gasteiger partial charge in [0.15, 0.2) is 0 Å². The van der Waals surface area contributed by atoms with Crippen LogP contribution in [0.15, 0.2) is 46.9 Å². The molecule has 0 radical (unpaired) electrons. The second-order valence-corrected chi connectivity index (χ2v) is 6.75. The maximum Gasteiger partial charge on any atom is 0.217 e. The van der Waals surface area contributed by atoms with E-state index < -0.39 is 0 Å². The molecule has 0 amide bonds. The molecule has 144 valence electrons. The molecule has 1 aliphatic heterocycles. The molecule has 0 unspecified atom stereocenters. The molecule has 0 bridgehead atoms. The van der Waals surface area contributed by atoms with Crippen LogP contribution in [0.3, 0.4) is 0 Å². The number of hydrogen-bond donors (Lipinski definition) is 1. The van der Waals surface area contributed by atoms with E-state index in [1.165, 1.54) is 18.5 Å². The fourth-order valence-corrected chi connectivity index (χ4v) is 3.11. The highest BCUT2D eigenvalue weighted by molar-refractivity contribution is 5.52. The van der Waals surface area contributed by atoms with Gasteiger partial charge in [-0.15, -0.1) is 5.11 Å². The summed E-state index contributed by atoms with van der Waals surface area (Å²) in [6.45, 7) is 9.69. The van der Waals surface area contributed by atoms with Gasteiger partial charge >= 0.3 is 0 Å². The second kappa shape index (κ2) is 10.2. The van der Waals surface area contributed by atoms with E-state index in [1.807, 2.05) is 48.4 Å². The van der Waals surface area contributed by atoms with Crippen LogP contribution in [-0.4, -0.2) is 55.9 Å². The molecule has 1 aromatic rings. The molecule has 6 heteroatoms. The van der Waals surface area contributed by atoms with Gasteiger partial charge in [-0.1, -0.05) is 13.8 Å². The molecule has 0 aromatic heterocycles. The lowest BCUT2D eigenvalue weighted by Gasteiger charge is -2.25. The predicted octanol–water partition coefficient (Wildman–Crippen LogP) is 4.01. The van der Waals surface area contributed by atoms with Crippen LogP contribution >= 0.6 is 0 Å². The molecule has 0 atom stereocenters. The molecule has 0 saturated heterocycles. The van der Waals surface area contributed by atoms with Crippen LogP contribution in [0, 0.1) is 0 Å². The number of nitrogens with zero attached hydrogens (tertiary/aromatic N) is 5. The van der Waals surface area contributed by atoms with Gasteiger partial charge in [-0.25, -0.2) is 0 Å². The monoisotopic (exact) mass is 358 g/mol. The molecule has 1 N–H and O–H groups in total. The first-order chi connectivity index (χ1) is 12.6. The number of benzene rings is 1. The fraction of sp³-hybridized carbons (Fsp3) is 0.600. The molecule has 0 saturated carbocycles. The molecular weight excluding hydrogens is 324 g/mol. The average Bonchev–Trinajstić information content (AvgIpc) is 2.99. The first-order valence-electron chi connectivity index (χ1n) is 9.70. The highest BCUT2D eigenvalue weighted by Gasteiger charge is 2.19. The molecule has 0 fully saturated rings. The summed E-state index contributed by atoms with van der Waals surface area (Å²) in [7, 11) is 4.00. The Balaban J connectivity index is 1.90. The number of likely N-dealkylation sites (N-methyl/N-ethyl adjacent to an activating group) is 1. The average molecular weight is 359 g/mol. The van der Waals surface area contributed by atoms with Crippen LogP contribution in [0.2, 0.25) is 0 Å². The van der Waals surface area contributed by atoms with E-state index >= 15 is 0 Å². The van der Waals surface area contributed by atoms with Crippen LogP contribution in [0.1, 0.15) is 33.6 Å². The maximum atomic E-state index is 4.43. The van der Waals surface area contributed by atoms with Crippen LogP contribution in [0.25, 0.3) is 0 Å². The van der Waals surface area contributed by atoms with Crippen LogP contribution in [0.4, 0.5) is 11.4 Å². The summed E-state index contributed by atoms with van der Waals surface area (Å²) < 4.78 is 0. The summed E-state index contributed by atoms with van der Waals surface area (Å²) in [5.41, 5.74) is 2.11. The number of azo groups is 1. The summed E-state index contributed by atoms with van der Waals surface area (Å²) in [5.74, 6) is 0. The molecule has 1 aliphatic rings. The van der Waals surface area contributed by atoms with Gasteiger partial charge in [0.1, 0.15) is 0 Å². The van der Waals surface area contributed by atoms with Gasteiger partial charge in [-0.05, 0) is 44.0 Å². The van der Waals surface area contributed by atoms with Crippen molar-refractivity contribution in [1.82, 2.24) is 15.1 Å². The van der Waals surface area contributed by atoms with Crippen molar-refractivity contribution in [2.75, 3.05) is 38.6 Å². The predicted molar refractivity (Wildman–Crippen MR) is 110 cm³/mol.